The summed E-state index contributed by atoms with van der Waals surface area (Å²) < 4.78 is 0. The molecule has 1 atom stereocenters. The summed E-state index contributed by atoms with van der Waals surface area (Å²) in [5, 5.41) is 19.4. The van der Waals surface area contributed by atoms with E-state index in [1.807, 2.05) is 4.90 Å². The summed E-state index contributed by atoms with van der Waals surface area (Å²) in [6.07, 6.45) is 0. The monoisotopic (exact) mass is 298 g/mol. The van der Waals surface area contributed by atoms with E-state index in [1.165, 1.54) is 0 Å². The summed E-state index contributed by atoms with van der Waals surface area (Å²) in [7, 11) is 0. The minimum atomic E-state index is -0.786. The number of carboxylic acids is 1. The van der Waals surface area contributed by atoms with E-state index in [0.29, 0.717) is 11.6 Å². The molecule has 0 aromatic heterocycles. The molecule has 6 heteroatoms. The molecular formula is C14H19ClN2O3. The SMILES string of the molecule is CC(C(=O)O)N1CCN(Cc2cc(Cl)ccc2O)CC1. The van der Waals surface area contributed by atoms with Gasteiger partial charge in [0.1, 0.15) is 11.8 Å². The third-order valence-electron chi connectivity index (χ3n) is 3.75. The van der Waals surface area contributed by atoms with E-state index < -0.39 is 12.0 Å². The van der Waals surface area contributed by atoms with E-state index in [2.05, 4.69) is 4.90 Å². The van der Waals surface area contributed by atoms with Gasteiger partial charge in [-0.15, -0.1) is 0 Å². The second-order valence-electron chi connectivity index (χ2n) is 5.10. The number of hydrogen-bond donors (Lipinski definition) is 2. The number of aliphatic carboxylic acids is 1. The van der Waals surface area contributed by atoms with Gasteiger partial charge in [0.15, 0.2) is 0 Å². The Morgan fingerprint density at radius 1 is 1.35 bits per heavy atom. The molecule has 0 aliphatic carbocycles. The molecule has 1 heterocycles. The fraction of sp³-hybridized carbons (Fsp3) is 0.500. The first-order chi connectivity index (χ1) is 9.47. The van der Waals surface area contributed by atoms with E-state index >= 15 is 0 Å². The zero-order chi connectivity index (χ0) is 14.7. The van der Waals surface area contributed by atoms with Crippen LogP contribution in [-0.4, -0.2) is 58.2 Å². The van der Waals surface area contributed by atoms with Crippen molar-refractivity contribution in [2.45, 2.75) is 19.5 Å². The fourth-order valence-electron chi connectivity index (χ4n) is 2.39. The number of phenolic OH excluding ortho intramolecular Hbond substituents is 1. The normalized spacial score (nSPS) is 18.9. The maximum absolute atomic E-state index is 11.0. The summed E-state index contributed by atoms with van der Waals surface area (Å²) >= 11 is 5.93. The summed E-state index contributed by atoms with van der Waals surface area (Å²) in [5.41, 5.74) is 0.803. The molecule has 20 heavy (non-hydrogen) atoms. The van der Waals surface area contributed by atoms with E-state index in [0.717, 1.165) is 31.7 Å². The Labute approximate surface area is 123 Å². The van der Waals surface area contributed by atoms with Gasteiger partial charge in [-0.25, -0.2) is 0 Å². The highest BCUT2D eigenvalue weighted by atomic mass is 35.5. The average molecular weight is 299 g/mol. The highest BCUT2D eigenvalue weighted by Crippen LogP contribution is 2.23. The quantitative estimate of drug-likeness (QED) is 0.885. The van der Waals surface area contributed by atoms with Crippen molar-refractivity contribution in [1.29, 1.82) is 0 Å². The van der Waals surface area contributed by atoms with Crippen LogP contribution in [0.3, 0.4) is 0 Å². The van der Waals surface area contributed by atoms with Gasteiger partial charge in [-0.05, 0) is 25.1 Å². The number of rotatable bonds is 4. The highest BCUT2D eigenvalue weighted by molar-refractivity contribution is 6.30. The minimum absolute atomic E-state index is 0.246. The first kappa shape index (κ1) is 15.1. The summed E-state index contributed by atoms with van der Waals surface area (Å²) in [6, 6.07) is 4.58. The van der Waals surface area contributed by atoms with Gasteiger partial charge in [-0.1, -0.05) is 11.6 Å². The lowest BCUT2D eigenvalue weighted by atomic mass is 10.1. The summed E-state index contributed by atoms with van der Waals surface area (Å²) in [6.45, 7) is 5.33. The van der Waals surface area contributed by atoms with Crippen LogP contribution >= 0.6 is 11.6 Å². The second-order valence-corrected chi connectivity index (χ2v) is 5.54. The lowest BCUT2D eigenvalue weighted by molar-refractivity contribution is -0.143. The molecule has 1 aliphatic rings. The molecule has 1 fully saturated rings. The van der Waals surface area contributed by atoms with Gasteiger partial charge in [0, 0.05) is 43.3 Å². The van der Waals surface area contributed by atoms with Crippen molar-refractivity contribution in [1.82, 2.24) is 9.80 Å². The van der Waals surface area contributed by atoms with Crippen molar-refractivity contribution < 1.29 is 15.0 Å². The molecular weight excluding hydrogens is 280 g/mol. The number of carboxylic acid groups (broad SMARTS) is 1. The van der Waals surface area contributed by atoms with Crippen LogP contribution < -0.4 is 0 Å². The Kier molecular flexibility index (Phi) is 4.86. The predicted octanol–water partition coefficient (Wildman–Crippen LogP) is 1.64. The van der Waals surface area contributed by atoms with Gasteiger partial charge in [-0.3, -0.25) is 14.6 Å². The third kappa shape index (κ3) is 3.62. The molecule has 0 bridgehead atoms. The standard InChI is InChI=1S/C14H19ClN2O3/c1-10(14(19)20)17-6-4-16(5-7-17)9-11-8-12(15)2-3-13(11)18/h2-3,8,10,18H,4-7,9H2,1H3,(H,19,20). The first-order valence-electron chi connectivity index (χ1n) is 6.64. The van der Waals surface area contributed by atoms with Crippen LogP contribution in [0.15, 0.2) is 18.2 Å². The van der Waals surface area contributed by atoms with Crippen LogP contribution in [0.25, 0.3) is 0 Å². The van der Waals surface area contributed by atoms with Crippen LogP contribution in [0.2, 0.25) is 5.02 Å². The Hall–Kier alpha value is -1.30. The third-order valence-corrected chi connectivity index (χ3v) is 3.98. The smallest absolute Gasteiger partial charge is 0.320 e. The van der Waals surface area contributed by atoms with Gasteiger partial charge >= 0.3 is 5.97 Å². The van der Waals surface area contributed by atoms with Crippen molar-refractivity contribution in [2.75, 3.05) is 26.2 Å². The topological polar surface area (TPSA) is 64.0 Å². The van der Waals surface area contributed by atoms with Crippen molar-refractivity contribution in [3.8, 4) is 5.75 Å². The molecule has 110 valence electrons. The van der Waals surface area contributed by atoms with Gasteiger partial charge in [-0.2, -0.15) is 0 Å². The van der Waals surface area contributed by atoms with E-state index in [-0.39, 0.29) is 5.75 Å². The predicted molar refractivity (Wildman–Crippen MR) is 77.1 cm³/mol. The molecule has 5 nitrogen and oxygen atoms in total. The number of aromatic hydroxyl groups is 1. The zero-order valence-electron chi connectivity index (χ0n) is 11.4. The molecule has 0 radical (unpaired) electrons. The van der Waals surface area contributed by atoms with Gasteiger partial charge < -0.3 is 10.2 Å². The lowest BCUT2D eigenvalue weighted by Crippen LogP contribution is -2.51. The van der Waals surface area contributed by atoms with Crippen LogP contribution in [-0.2, 0) is 11.3 Å². The van der Waals surface area contributed by atoms with Crippen molar-refractivity contribution in [3.05, 3.63) is 28.8 Å². The minimum Gasteiger partial charge on any atom is -0.508 e. The molecule has 1 aliphatic heterocycles. The number of carbonyl (C=O) groups is 1. The van der Waals surface area contributed by atoms with Crippen LogP contribution in [0.5, 0.6) is 5.75 Å². The molecule has 0 saturated carbocycles. The number of nitrogens with zero attached hydrogens (tertiary/aromatic N) is 2. The molecule has 2 N–H and O–H groups in total. The molecule has 2 rings (SSSR count). The lowest BCUT2D eigenvalue weighted by Gasteiger charge is -2.36. The second kappa shape index (κ2) is 6.43. The van der Waals surface area contributed by atoms with Crippen molar-refractivity contribution in [3.63, 3.8) is 0 Å². The zero-order valence-corrected chi connectivity index (χ0v) is 12.2. The van der Waals surface area contributed by atoms with Crippen LogP contribution in [0.4, 0.5) is 0 Å². The van der Waals surface area contributed by atoms with Gasteiger partial charge in [0.2, 0.25) is 0 Å². The molecule has 1 unspecified atom stereocenters. The molecule has 1 aromatic rings. The van der Waals surface area contributed by atoms with Crippen molar-refractivity contribution in [2.24, 2.45) is 0 Å². The molecule has 0 spiro atoms. The number of benzene rings is 1. The average Bonchev–Trinajstić information content (AvgIpc) is 2.43. The van der Waals surface area contributed by atoms with Crippen LogP contribution in [0.1, 0.15) is 12.5 Å². The molecule has 0 amide bonds. The number of halogens is 1. The Balaban J connectivity index is 1.91. The highest BCUT2D eigenvalue weighted by Gasteiger charge is 2.25. The molecule has 1 aromatic carbocycles. The van der Waals surface area contributed by atoms with E-state index in [4.69, 9.17) is 16.7 Å². The van der Waals surface area contributed by atoms with Gasteiger partial charge in [0.05, 0.1) is 0 Å². The van der Waals surface area contributed by atoms with Gasteiger partial charge in [0.25, 0.3) is 0 Å². The van der Waals surface area contributed by atoms with Crippen LogP contribution in [0, 0.1) is 0 Å². The summed E-state index contributed by atoms with van der Waals surface area (Å²) in [4.78, 5) is 15.1. The number of hydrogen-bond acceptors (Lipinski definition) is 4. The Morgan fingerprint density at radius 2 is 2.00 bits per heavy atom. The fourth-order valence-corrected chi connectivity index (χ4v) is 2.58. The molecule has 1 saturated heterocycles. The number of phenols is 1. The number of piperazine rings is 1. The van der Waals surface area contributed by atoms with Crippen molar-refractivity contribution >= 4 is 17.6 Å². The Morgan fingerprint density at radius 3 is 2.60 bits per heavy atom. The van der Waals surface area contributed by atoms with E-state index in [1.54, 1.807) is 25.1 Å². The maximum Gasteiger partial charge on any atom is 0.320 e. The largest absolute Gasteiger partial charge is 0.508 e. The first-order valence-corrected chi connectivity index (χ1v) is 7.02. The Bertz CT molecular complexity index is 487. The maximum atomic E-state index is 11.0. The van der Waals surface area contributed by atoms with E-state index in [9.17, 15) is 9.90 Å². The summed E-state index contributed by atoms with van der Waals surface area (Å²) in [5.74, 6) is -0.540.